The SMILES string of the molecule is CCOC(=O)c1cnn2c(Nc3ccc(F)cc3C)c(C(=O)OC)cnc12. The second-order valence-electron chi connectivity index (χ2n) is 5.61. The van der Waals surface area contributed by atoms with Crippen LogP contribution < -0.4 is 5.32 Å². The van der Waals surface area contributed by atoms with Crippen molar-refractivity contribution in [2.24, 2.45) is 0 Å². The van der Waals surface area contributed by atoms with Crippen LogP contribution >= 0.6 is 0 Å². The molecule has 9 heteroatoms. The summed E-state index contributed by atoms with van der Waals surface area (Å²) in [5, 5.41) is 7.20. The average molecular weight is 372 g/mol. The maximum Gasteiger partial charge on any atom is 0.343 e. The number of hydrogen-bond donors (Lipinski definition) is 1. The molecule has 1 N–H and O–H groups in total. The lowest BCUT2D eigenvalue weighted by molar-refractivity contribution is 0.0527. The molecule has 0 bridgehead atoms. The van der Waals surface area contributed by atoms with Gasteiger partial charge in [-0.1, -0.05) is 0 Å². The van der Waals surface area contributed by atoms with E-state index in [9.17, 15) is 14.0 Å². The van der Waals surface area contributed by atoms with Gasteiger partial charge in [-0.3, -0.25) is 0 Å². The molecule has 0 fully saturated rings. The summed E-state index contributed by atoms with van der Waals surface area (Å²) in [6.45, 7) is 3.61. The Morgan fingerprint density at radius 3 is 2.67 bits per heavy atom. The Bertz CT molecular complexity index is 1030. The standard InChI is InChI=1S/C18H17FN4O4/c1-4-27-18(25)13-9-21-23-15(13)20-8-12(17(24)26-3)16(23)22-14-6-5-11(19)7-10(14)2/h5-9,22H,4H2,1-3H3. The van der Waals surface area contributed by atoms with Gasteiger partial charge in [0.1, 0.15) is 16.9 Å². The van der Waals surface area contributed by atoms with Gasteiger partial charge in [-0.2, -0.15) is 9.61 Å². The van der Waals surface area contributed by atoms with Crippen LogP contribution in [0.4, 0.5) is 15.9 Å². The fraction of sp³-hybridized carbons (Fsp3) is 0.222. The zero-order valence-corrected chi connectivity index (χ0v) is 14.9. The highest BCUT2D eigenvalue weighted by atomic mass is 19.1. The fourth-order valence-corrected chi connectivity index (χ4v) is 2.56. The summed E-state index contributed by atoms with van der Waals surface area (Å²) >= 11 is 0. The summed E-state index contributed by atoms with van der Waals surface area (Å²) in [6, 6.07) is 4.18. The van der Waals surface area contributed by atoms with Gasteiger partial charge in [0.25, 0.3) is 0 Å². The van der Waals surface area contributed by atoms with Crippen LogP contribution in [0.15, 0.2) is 30.6 Å². The van der Waals surface area contributed by atoms with Crippen molar-refractivity contribution in [3.8, 4) is 0 Å². The Hall–Kier alpha value is -3.49. The average Bonchev–Trinajstić information content (AvgIpc) is 3.08. The van der Waals surface area contributed by atoms with Crippen molar-refractivity contribution in [1.29, 1.82) is 0 Å². The van der Waals surface area contributed by atoms with E-state index in [0.29, 0.717) is 11.3 Å². The Balaban J connectivity index is 2.17. The molecule has 0 spiro atoms. The number of carbonyl (C=O) groups is 2. The summed E-state index contributed by atoms with van der Waals surface area (Å²) in [4.78, 5) is 28.4. The maximum atomic E-state index is 13.4. The molecule has 8 nitrogen and oxygen atoms in total. The molecule has 3 aromatic rings. The molecule has 0 aliphatic rings. The third-order valence-electron chi connectivity index (χ3n) is 3.87. The summed E-state index contributed by atoms with van der Waals surface area (Å²) in [6.07, 6.45) is 2.59. The quantitative estimate of drug-likeness (QED) is 0.688. The molecular formula is C18H17FN4O4. The van der Waals surface area contributed by atoms with E-state index >= 15 is 0 Å². The maximum absolute atomic E-state index is 13.4. The number of halogens is 1. The van der Waals surface area contributed by atoms with Crippen molar-refractivity contribution in [1.82, 2.24) is 14.6 Å². The largest absolute Gasteiger partial charge is 0.465 e. The molecule has 0 unspecified atom stereocenters. The van der Waals surface area contributed by atoms with E-state index in [1.165, 1.54) is 42.2 Å². The van der Waals surface area contributed by atoms with Crippen molar-refractivity contribution in [3.63, 3.8) is 0 Å². The van der Waals surface area contributed by atoms with Gasteiger partial charge in [-0.05, 0) is 37.6 Å². The van der Waals surface area contributed by atoms with E-state index < -0.39 is 11.9 Å². The number of nitrogens with zero attached hydrogens (tertiary/aromatic N) is 3. The van der Waals surface area contributed by atoms with Crippen LogP contribution in [0.5, 0.6) is 0 Å². The third-order valence-corrected chi connectivity index (χ3v) is 3.87. The molecule has 0 radical (unpaired) electrons. The van der Waals surface area contributed by atoms with E-state index in [2.05, 4.69) is 15.4 Å². The highest BCUT2D eigenvalue weighted by molar-refractivity contribution is 5.99. The molecule has 0 saturated heterocycles. The summed E-state index contributed by atoms with van der Waals surface area (Å²) in [5.74, 6) is -1.36. The fourth-order valence-electron chi connectivity index (χ4n) is 2.56. The van der Waals surface area contributed by atoms with Crippen molar-refractivity contribution in [2.45, 2.75) is 13.8 Å². The van der Waals surface area contributed by atoms with E-state index in [1.54, 1.807) is 13.8 Å². The van der Waals surface area contributed by atoms with Gasteiger partial charge in [0.2, 0.25) is 0 Å². The Morgan fingerprint density at radius 1 is 1.22 bits per heavy atom. The van der Waals surface area contributed by atoms with Gasteiger partial charge in [0.15, 0.2) is 11.5 Å². The number of carbonyl (C=O) groups excluding carboxylic acids is 2. The number of rotatable bonds is 5. The molecule has 2 heterocycles. The molecule has 140 valence electrons. The second kappa shape index (κ2) is 7.40. The zero-order valence-electron chi connectivity index (χ0n) is 14.9. The van der Waals surface area contributed by atoms with Gasteiger partial charge in [0.05, 0.1) is 19.9 Å². The van der Waals surface area contributed by atoms with Crippen LogP contribution in [0, 0.1) is 12.7 Å². The topological polar surface area (TPSA) is 94.8 Å². The number of hydrogen-bond acceptors (Lipinski definition) is 7. The van der Waals surface area contributed by atoms with Crippen LogP contribution in [-0.2, 0) is 9.47 Å². The minimum atomic E-state index is -0.639. The van der Waals surface area contributed by atoms with E-state index in [-0.39, 0.29) is 35.0 Å². The highest BCUT2D eigenvalue weighted by Crippen LogP contribution is 2.26. The van der Waals surface area contributed by atoms with Gasteiger partial charge >= 0.3 is 11.9 Å². The summed E-state index contributed by atoms with van der Waals surface area (Å²) in [7, 11) is 1.24. The van der Waals surface area contributed by atoms with E-state index in [1.807, 2.05) is 0 Å². The number of aromatic nitrogens is 3. The molecule has 3 rings (SSSR count). The number of anilines is 2. The van der Waals surface area contributed by atoms with Crippen LogP contribution in [0.1, 0.15) is 33.2 Å². The Labute approximate surface area is 153 Å². The van der Waals surface area contributed by atoms with Gasteiger partial charge in [0, 0.05) is 11.9 Å². The van der Waals surface area contributed by atoms with Crippen LogP contribution in [-0.4, -0.2) is 40.3 Å². The van der Waals surface area contributed by atoms with Crippen LogP contribution in [0.25, 0.3) is 5.65 Å². The molecule has 0 aliphatic carbocycles. The first kappa shape index (κ1) is 18.3. The molecule has 0 saturated carbocycles. The molecule has 27 heavy (non-hydrogen) atoms. The number of aryl methyl sites for hydroxylation is 1. The van der Waals surface area contributed by atoms with Crippen molar-refractivity contribution < 1.29 is 23.5 Å². The minimum absolute atomic E-state index is 0.104. The van der Waals surface area contributed by atoms with Crippen molar-refractivity contribution >= 4 is 29.1 Å². The number of methoxy groups -OCH3 is 1. The minimum Gasteiger partial charge on any atom is -0.465 e. The lowest BCUT2D eigenvalue weighted by Gasteiger charge is -2.14. The smallest absolute Gasteiger partial charge is 0.343 e. The monoisotopic (exact) mass is 372 g/mol. The first-order valence-corrected chi connectivity index (χ1v) is 8.11. The third kappa shape index (κ3) is 3.43. The number of fused-ring (bicyclic) bond motifs is 1. The first-order chi connectivity index (χ1) is 13.0. The predicted octanol–water partition coefficient (Wildman–Crippen LogP) is 2.88. The van der Waals surface area contributed by atoms with Gasteiger partial charge in [-0.15, -0.1) is 0 Å². The second-order valence-corrected chi connectivity index (χ2v) is 5.61. The lowest BCUT2D eigenvalue weighted by Crippen LogP contribution is -2.13. The molecule has 0 amide bonds. The Kier molecular flexibility index (Phi) is 5.02. The first-order valence-electron chi connectivity index (χ1n) is 8.11. The number of benzene rings is 1. The molecule has 1 aromatic carbocycles. The van der Waals surface area contributed by atoms with Crippen molar-refractivity contribution in [3.05, 3.63) is 53.1 Å². The molecule has 0 aliphatic heterocycles. The number of nitrogens with one attached hydrogen (secondary N) is 1. The zero-order chi connectivity index (χ0) is 19.6. The Morgan fingerprint density at radius 2 is 2.00 bits per heavy atom. The summed E-state index contributed by atoms with van der Waals surface area (Å²) < 4.78 is 24.5. The molecular weight excluding hydrogens is 355 g/mol. The van der Waals surface area contributed by atoms with E-state index in [0.717, 1.165) is 0 Å². The number of esters is 2. The molecule has 0 atom stereocenters. The normalized spacial score (nSPS) is 10.7. The molecule has 2 aromatic heterocycles. The van der Waals surface area contributed by atoms with Gasteiger partial charge in [-0.25, -0.2) is 19.0 Å². The number of ether oxygens (including phenoxy) is 2. The van der Waals surface area contributed by atoms with E-state index in [4.69, 9.17) is 9.47 Å². The van der Waals surface area contributed by atoms with Crippen molar-refractivity contribution in [2.75, 3.05) is 19.0 Å². The van der Waals surface area contributed by atoms with Crippen LogP contribution in [0.3, 0.4) is 0 Å². The summed E-state index contributed by atoms with van der Waals surface area (Å²) in [5.41, 5.74) is 1.65. The lowest BCUT2D eigenvalue weighted by atomic mass is 10.2. The predicted molar refractivity (Wildman–Crippen MR) is 94.7 cm³/mol. The highest BCUT2D eigenvalue weighted by Gasteiger charge is 2.22. The van der Waals surface area contributed by atoms with Crippen LogP contribution in [0.2, 0.25) is 0 Å². The van der Waals surface area contributed by atoms with Gasteiger partial charge < -0.3 is 14.8 Å².